The highest BCUT2D eigenvalue weighted by Crippen LogP contribution is 2.42. The Hall–Kier alpha value is -2.59. The fourth-order valence-corrected chi connectivity index (χ4v) is 5.66. The number of anilines is 1. The molecular formula is C24H26N2OS. The van der Waals surface area contributed by atoms with Gasteiger partial charge in [-0.05, 0) is 61.1 Å². The van der Waals surface area contributed by atoms with Crippen LogP contribution in [0.25, 0.3) is 0 Å². The van der Waals surface area contributed by atoms with Crippen LogP contribution in [-0.4, -0.2) is 17.5 Å². The van der Waals surface area contributed by atoms with E-state index in [9.17, 15) is 4.79 Å². The van der Waals surface area contributed by atoms with Crippen LogP contribution in [0.1, 0.15) is 45.0 Å². The highest BCUT2D eigenvalue weighted by atomic mass is 32.1. The lowest BCUT2D eigenvalue weighted by molar-refractivity contribution is 0.195. The smallest absolute Gasteiger partial charge is 0.312 e. The van der Waals surface area contributed by atoms with Crippen molar-refractivity contribution in [3.05, 3.63) is 86.6 Å². The van der Waals surface area contributed by atoms with E-state index in [1.807, 2.05) is 53.5 Å². The summed E-state index contributed by atoms with van der Waals surface area (Å²) in [6.07, 6.45) is 1.97. The Morgan fingerprint density at radius 3 is 2.64 bits per heavy atom. The molecule has 0 spiro atoms. The topological polar surface area (TPSA) is 32.3 Å². The molecule has 0 unspecified atom stereocenters. The van der Waals surface area contributed by atoms with E-state index in [2.05, 4.69) is 43.4 Å². The SMILES string of the molecule is CCc1c(C)sc2c1CCN(C(=O)Nc1cccc(C)c1)[C@H]2c1ccccc1. The lowest BCUT2D eigenvalue weighted by atomic mass is 9.92. The molecule has 1 aliphatic rings. The summed E-state index contributed by atoms with van der Waals surface area (Å²) in [5, 5.41) is 3.11. The van der Waals surface area contributed by atoms with Gasteiger partial charge in [-0.1, -0.05) is 49.4 Å². The van der Waals surface area contributed by atoms with E-state index in [0.29, 0.717) is 0 Å². The number of rotatable bonds is 3. The van der Waals surface area contributed by atoms with Gasteiger partial charge in [-0.2, -0.15) is 0 Å². The number of hydrogen-bond acceptors (Lipinski definition) is 2. The third-order valence-electron chi connectivity index (χ3n) is 5.51. The number of aryl methyl sites for hydroxylation is 2. The Bertz CT molecular complexity index is 993. The average Bonchev–Trinajstić information content (AvgIpc) is 3.02. The molecule has 1 atom stereocenters. The Morgan fingerprint density at radius 2 is 1.93 bits per heavy atom. The van der Waals surface area contributed by atoms with Crippen molar-refractivity contribution >= 4 is 23.1 Å². The molecule has 0 saturated carbocycles. The molecule has 2 aromatic carbocycles. The van der Waals surface area contributed by atoms with Crippen LogP contribution in [0.5, 0.6) is 0 Å². The highest BCUT2D eigenvalue weighted by molar-refractivity contribution is 7.12. The maximum Gasteiger partial charge on any atom is 0.322 e. The first-order valence-electron chi connectivity index (χ1n) is 9.88. The monoisotopic (exact) mass is 390 g/mol. The molecule has 1 aliphatic heterocycles. The molecule has 0 fully saturated rings. The van der Waals surface area contributed by atoms with E-state index in [4.69, 9.17) is 0 Å². The van der Waals surface area contributed by atoms with E-state index in [-0.39, 0.29) is 12.1 Å². The van der Waals surface area contributed by atoms with Crippen molar-refractivity contribution < 1.29 is 4.79 Å². The van der Waals surface area contributed by atoms with E-state index in [1.165, 1.54) is 26.4 Å². The Kier molecular flexibility index (Phi) is 5.23. The fraction of sp³-hybridized carbons (Fsp3) is 0.292. The van der Waals surface area contributed by atoms with Crippen LogP contribution >= 0.6 is 11.3 Å². The van der Waals surface area contributed by atoms with Crippen LogP contribution in [-0.2, 0) is 12.8 Å². The number of benzene rings is 2. The second kappa shape index (κ2) is 7.80. The van der Waals surface area contributed by atoms with Crippen LogP contribution in [0.3, 0.4) is 0 Å². The zero-order valence-corrected chi connectivity index (χ0v) is 17.5. The molecule has 0 aliphatic carbocycles. The standard InChI is InChI=1S/C24H26N2OS/c1-4-20-17(3)28-23-21(20)13-14-26(22(23)18-10-6-5-7-11-18)24(27)25-19-12-8-9-16(2)15-19/h5-12,15,22H,4,13-14H2,1-3H3,(H,25,27)/t22-/m0/s1. The van der Waals surface area contributed by atoms with Gasteiger partial charge in [-0.3, -0.25) is 0 Å². The second-order valence-electron chi connectivity index (χ2n) is 7.39. The average molecular weight is 391 g/mol. The minimum absolute atomic E-state index is 0.0289. The molecule has 2 heterocycles. The number of amides is 2. The first-order chi connectivity index (χ1) is 13.6. The zero-order valence-electron chi connectivity index (χ0n) is 16.7. The maximum atomic E-state index is 13.3. The summed E-state index contributed by atoms with van der Waals surface area (Å²) in [5.41, 5.74) is 6.09. The summed E-state index contributed by atoms with van der Waals surface area (Å²) in [5.74, 6) is 0. The Balaban J connectivity index is 1.72. The molecule has 0 saturated heterocycles. The van der Waals surface area contributed by atoms with Crippen LogP contribution in [0.2, 0.25) is 0 Å². The van der Waals surface area contributed by atoms with Crippen molar-refractivity contribution in [2.75, 3.05) is 11.9 Å². The Labute approximate surface area is 171 Å². The molecule has 0 radical (unpaired) electrons. The fourth-order valence-electron chi connectivity index (χ4n) is 4.21. The molecule has 4 heteroatoms. The molecule has 144 valence electrons. The Morgan fingerprint density at radius 1 is 1.14 bits per heavy atom. The van der Waals surface area contributed by atoms with Crippen molar-refractivity contribution in [2.24, 2.45) is 0 Å². The minimum Gasteiger partial charge on any atom is -0.312 e. The summed E-state index contributed by atoms with van der Waals surface area (Å²) in [6, 6.07) is 18.3. The van der Waals surface area contributed by atoms with Gasteiger partial charge in [-0.15, -0.1) is 11.3 Å². The van der Waals surface area contributed by atoms with E-state index >= 15 is 0 Å². The normalized spacial score (nSPS) is 16.0. The molecular weight excluding hydrogens is 364 g/mol. The number of hydrogen-bond donors (Lipinski definition) is 1. The molecule has 3 aromatic rings. The number of fused-ring (bicyclic) bond motifs is 1. The maximum absolute atomic E-state index is 13.3. The molecule has 1 N–H and O–H groups in total. The quantitative estimate of drug-likeness (QED) is 0.575. The second-order valence-corrected chi connectivity index (χ2v) is 8.65. The third-order valence-corrected chi connectivity index (χ3v) is 6.75. The third kappa shape index (κ3) is 3.45. The summed E-state index contributed by atoms with van der Waals surface area (Å²) < 4.78 is 0. The summed E-state index contributed by atoms with van der Waals surface area (Å²) in [4.78, 5) is 18.0. The number of thiophene rings is 1. The van der Waals surface area contributed by atoms with Crippen molar-refractivity contribution in [1.82, 2.24) is 4.90 Å². The van der Waals surface area contributed by atoms with Crippen molar-refractivity contribution in [3.63, 3.8) is 0 Å². The van der Waals surface area contributed by atoms with Gasteiger partial charge in [-0.25, -0.2) is 4.79 Å². The molecule has 28 heavy (non-hydrogen) atoms. The molecule has 2 amide bonds. The van der Waals surface area contributed by atoms with E-state index in [1.54, 1.807) is 0 Å². The van der Waals surface area contributed by atoms with E-state index in [0.717, 1.165) is 30.6 Å². The first-order valence-corrected chi connectivity index (χ1v) is 10.7. The number of carbonyl (C=O) groups is 1. The summed E-state index contributed by atoms with van der Waals surface area (Å²) in [7, 11) is 0. The summed E-state index contributed by atoms with van der Waals surface area (Å²) >= 11 is 1.85. The first kappa shape index (κ1) is 18.8. The number of nitrogens with zero attached hydrogens (tertiary/aromatic N) is 1. The number of nitrogens with one attached hydrogen (secondary N) is 1. The van der Waals surface area contributed by atoms with Crippen molar-refractivity contribution in [3.8, 4) is 0 Å². The van der Waals surface area contributed by atoms with Crippen LogP contribution in [0.4, 0.5) is 10.5 Å². The minimum atomic E-state index is -0.0331. The van der Waals surface area contributed by atoms with Gasteiger partial charge in [0.05, 0.1) is 6.04 Å². The predicted octanol–water partition coefficient (Wildman–Crippen LogP) is 6.11. The number of carbonyl (C=O) groups excluding carboxylic acids is 1. The zero-order chi connectivity index (χ0) is 19.7. The molecule has 4 rings (SSSR count). The predicted molar refractivity (Wildman–Crippen MR) is 117 cm³/mol. The van der Waals surface area contributed by atoms with Crippen LogP contribution < -0.4 is 5.32 Å². The van der Waals surface area contributed by atoms with Gasteiger partial charge in [0.2, 0.25) is 0 Å². The number of urea groups is 1. The van der Waals surface area contributed by atoms with Gasteiger partial charge < -0.3 is 10.2 Å². The van der Waals surface area contributed by atoms with Crippen LogP contribution in [0.15, 0.2) is 54.6 Å². The van der Waals surface area contributed by atoms with Crippen molar-refractivity contribution in [2.45, 2.75) is 39.7 Å². The van der Waals surface area contributed by atoms with E-state index < -0.39 is 0 Å². The lowest BCUT2D eigenvalue weighted by Gasteiger charge is -2.36. The van der Waals surface area contributed by atoms with Gasteiger partial charge in [0.1, 0.15) is 0 Å². The highest BCUT2D eigenvalue weighted by Gasteiger charge is 2.35. The van der Waals surface area contributed by atoms with Crippen LogP contribution in [0, 0.1) is 13.8 Å². The van der Waals surface area contributed by atoms with Gasteiger partial charge in [0.15, 0.2) is 0 Å². The lowest BCUT2D eigenvalue weighted by Crippen LogP contribution is -2.42. The molecule has 1 aromatic heterocycles. The summed E-state index contributed by atoms with van der Waals surface area (Å²) in [6.45, 7) is 7.20. The molecule has 0 bridgehead atoms. The van der Waals surface area contributed by atoms with Crippen molar-refractivity contribution in [1.29, 1.82) is 0 Å². The molecule has 3 nitrogen and oxygen atoms in total. The van der Waals surface area contributed by atoms with Gasteiger partial charge in [0.25, 0.3) is 0 Å². The largest absolute Gasteiger partial charge is 0.322 e. The van der Waals surface area contributed by atoms with Gasteiger partial charge in [0, 0.05) is 22.0 Å². The van der Waals surface area contributed by atoms with Gasteiger partial charge >= 0.3 is 6.03 Å².